The summed E-state index contributed by atoms with van der Waals surface area (Å²) in [4.78, 5) is 23.9. The summed E-state index contributed by atoms with van der Waals surface area (Å²) in [5.74, 6) is -0.0575. The van der Waals surface area contributed by atoms with E-state index in [1.165, 1.54) is 0 Å². The number of hydrogen-bond acceptors (Lipinski definition) is 4. The Morgan fingerprint density at radius 2 is 1.71 bits per heavy atom. The Morgan fingerprint density at radius 1 is 1.04 bits per heavy atom. The van der Waals surface area contributed by atoms with Gasteiger partial charge in [0.25, 0.3) is 5.91 Å². The lowest BCUT2D eigenvalue weighted by Gasteiger charge is -2.13. The van der Waals surface area contributed by atoms with Gasteiger partial charge in [-0.1, -0.05) is 30.3 Å². The average Bonchev–Trinajstić information content (AvgIpc) is 2.61. The molecule has 0 heterocycles. The molecule has 0 radical (unpaired) electrons. The number of ether oxygens (including phenoxy) is 2. The van der Waals surface area contributed by atoms with Crippen molar-refractivity contribution < 1.29 is 19.1 Å². The van der Waals surface area contributed by atoms with Crippen molar-refractivity contribution in [3.05, 3.63) is 60.2 Å². The minimum Gasteiger partial charge on any atom is -0.497 e. The van der Waals surface area contributed by atoms with Crippen LogP contribution in [-0.2, 0) is 20.7 Å². The standard InChI is InChI=1S/C19H21NO4/c1-14(19(22)20-16-9-11-17(23-2)12-10-16)24-18(21)13-8-15-6-4-3-5-7-15/h3-7,9-12,14H,8,13H2,1-2H3,(H,20,22)/t14-/m1/s1. The van der Waals surface area contributed by atoms with E-state index in [1.807, 2.05) is 30.3 Å². The van der Waals surface area contributed by atoms with Crippen LogP contribution in [-0.4, -0.2) is 25.1 Å². The van der Waals surface area contributed by atoms with E-state index < -0.39 is 12.1 Å². The van der Waals surface area contributed by atoms with Crippen molar-refractivity contribution in [3.63, 3.8) is 0 Å². The number of carbonyl (C=O) groups excluding carboxylic acids is 2. The number of amides is 1. The zero-order valence-electron chi connectivity index (χ0n) is 13.8. The van der Waals surface area contributed by atoms with Crippen LogP contribution >= 0.6 is 0 Å². The number of anilines is 1. The Labute approximate surface area is 141 Å². The fourth-order valence-corrected chi connectivity index (χ4v) is 2.12. The van der Waals surface area contributed by atoms with Crippen molar-refractivity contribution in [2.24, 2.45) is 0 Å². The first-order chi connectivity index (χ1) is 11.6. The maximum Gasteiger partial charge on any atom is 0.306 e. The van der Waals surface area contributed by atoms with Crippen molar-refractivity contribution in [1.82, 2.24) is 0 Å². The number of esters is 1. The molecule has 1 atom stereocenters. The lowest BCUT2D eigenvalue weighted by molar-refractivity contribution is -0.153. The van der Waals surface area contributed by atoms with Crippen molar-refractivity contribution in [3.8, 4) is 5.75 Å². The van der Waals surface area contributed by atoms with Gasteiger partial charge in [0.05, 0.1) is 7.11 Å². The summed E-state index contributed by atoms with van der Waals surface area (Å²) in [6.45, 7) is 1.55. The summed E-state index contributed by atoms with van der Waals surface area (Å²) < 4.78 is 10.2. The van der Waals surface area contributed by atoms with Gasteiger partial charge in [0, 0.05) is 12.1 Å². The smallest absolute Gasteiger partial charge is 0.306 e. The molecule has 0 saturated carbocycles. The molecule has 0 aliphatic carbocycles. The second-order valence-corrected chi connectivity index (χ2v) is 5.34. The Hall–Kier alpha value is -2.82. The molecule has 0 unspecified atom stereocenters. The summed E-state index contributed by atoms with van der Waals surface area (Å²) >= 11 is 0. The van der Waals surface area contributed by atoms with Gasteiger partial charge in [0.15, 0.2) is 6.10 Å². The average molecular weight is 327 g/mol. The molecule has 0 bridgehead atoms. The first kappa shape index (κ1) is 17.5. The Balaban J connectivity index is 1.78. The Morgan fingerprint density at radius 3 is 2.33 bits per heavy atom. The molecule has 0 aliphatic rings. The van der Waals surface area contributed by atoms with E-state index in [9.17, 15) is 9.59 Å². The summed E-state index contributed by atoms with van der Waals surface area (Å²) in [6.07, 6.45) is -0.0215. The highest BCUT2D eigenvalue weighted by Crippen LogP contribution is 2.15. The normalized spacial score (nSPS) is 11.4. The van der Waals surface area contributed by atoms with Crippen LogP contribution in [0.5, 0.6) is 5.75 Å². The SMILES string of the molecule is COc1ccc(NC(=O)[C@@H](C)OC(=O)CCc2ccccc2)cc1. The van der Waals surface area contributed by atoms with E-state index in [-0.39, 0.29) is 12.3 Å². The fourth-order valence-electron chi connectivity index (χ4n) is 2.12. The monoisotopic (exact) mass is 327 g/mol. The van der Waals surface area contributed by atoms with E-state index in [0.29, 0.717) is 17.9 Å². The number of hydrogen-bond donors (Lipinski definition) is 1. The lowest BCUT2D eigenvalue weighted by Crippen LogP contribution is -2.30. The van der Waals surface area contributed by atoms with E-state index in [1.54, 1.807) is 38.3 Å². The second kappa shape index (κ2) is 8.72. The fraction of sp³-hybridized carbons (Fsp3) is 0.263. The van der Waals surface area contributed by atoms with Crippen LogP contribution < -0.4 is 10.1 Å². The molecule has 24 heavy (non-hydrogen) atoms. The molecule has 0 saturated heterocycles. The van der Waals surface area contributed by atoms with Crippen LogP contribution in [0.3, 0.4) is 0 Å². The first-order valence-electron chi connectivity index (χ1n) is 7.77. The van der Waals surface area contributed by atoms with E-state index in [4.69, 9.17) is 9.47 Å². The number of carbonyl (C=O) groups is 2. The Bertz CT molecular complexity index is 668. The van der Waals surface area contributed by atoms with Crippen LogP contribution in [0.2, 0.25) is 0 Å². The highest BCUT2D eigenvalue weighted by molar-refractivity contribution is 5.95. The topological polar surface area (TPSA) is 64.6 Å². The predicted molar refractivity (Wildman–Crippen MR) is 91.9 cm³/mol. The van der Waals surface area contributed by atoms with E-state index in [2.05, 4.69) is 5.32 Å². The Kier molecular flexibility index (Phi) is 6.37. The largest absolute Gasteiger partial charge is 0.497 e. The van der Waals surface area contributed by atoms with Gasteiger partial charge in [-0.05, 0) is 43.2 Å². The molecule has 0 aliphatic heterocycles. The van der Waals surface area contributed by atoms with E-state index >= 15 is 0 Å². The molecule has 0 spiro atoms. The summed E-state index contributed by atoms with van der Waals surface area (Å²) in [5.41, 5.74) is 1.68. The zero-order chi connectivity index (χ0) is 17.4. The third kappa shape index (κ3) is 5.43. The van der Waals surface area contributed by atoms with Gasteiger partial charge in [-0.2, -0.15) is 0 Å². The molecule has 0 fully saturated rings. The number of methoxy groups -OCH3 is 1. The third-order valence-electron chi connectivity index (χ3n) is 3.50. The van der Waals surface area contributed by atoms with Crippen molar-refractivity contribution in [1.29, 1.82) is 0 Å². The van der Waals surface area contributed by atoms with Crippen molar-refractivity contribution >= 4 is 17.6 Å². The van der Waals surface area contributed by atoms with Crippen LogP contribution in [0.15, 0.2) is 54.6 Å². The quantitative estimate of drug-likeness (QED) is 0.793. The van der Waals surface area contributed by atoms with Gasteiger partial charge in [-0.25, -0.2) is 0 Å². The van der Waals surface area contributed by atoms with Gasteiger partial charge in [0.2, 0.25) is 0 Å². The van der Waals surface area contributed by atoms with Gasteiger partial charge in [-0.3, -0.25) is 9.59 Å². The van der Waals surface area contributed by atoms with Gasteiger partial charge < -0.3 is 14.8 Å². The molecule has 2 rings (SSSR count). The zero-order valence-corrected chi connectivity index (χ0v) is 13.8. The number of nitrogens with one attached hydrogen (secondary N) is 1. The van der Waals surface area contributed by atoms with Crippen molar-refractivity contribution in [2.75, 3.05) is 12.4 Å². The van der Waals surface area contributed by atoms with E-state index in [0.717, 1.165) is 5.56 Å². The molecule has 1 amide bonds. The molecule has 2 aromatic rings. The van der Waals surface area contributed by atoms with Crippen LogP contribution in [0.1, 0.15) is 18.9 Å². The first-order valence-corrected chi connectivity index (χ1v) is 7.77. The molecule has 5 nitrogen and oxygen atoms in total. The molecule has 2 aromatic carbocycles. The number of rotatable bonds is 7. The minimum atomic E-state index is -0.852. The minimum absolute atomic E-state index is 0.240. The molecular weight excluding hydrogens is 306 g/mol. The highest BCUT2D eigenvalue weighted by atomic mass is 16.5. The highest BCUT2D eigenvalue weighted by Gasteiger charge is 2.17. The van der Waals surface area contributed by atoms with Crippen molar-refractivity contribution in [2.45, 2.75) is 25.9 Å². The number of benzene rings is 2. The molecule has 0 aromatic heterocycles. The second-order valence-electron chi connectivity index (χ2n) is 5.34. The molecule has 1 N–H and O–H groups in total. The predicted octanol–water partition coefficient (Wildman–Crippen LogP) is 3.20. The lowest BCUT2D eigenvalue weighted by atomic mass is 10.1. The van der Waals surface area contributed by atoms with Crippen LogP contribution in [0, 0.1) is 0 Å². The summed E-state index contributed by atoms with van der Waals surface area (Å²) in [7, 11) is 1.57. The number of aryl methyl sites for hydroxylation is 1. The summed E-state index contributed by atoms with van der Waals surface area (Å²) in [6, 6.07) is 16.6. The van der Waals surface area contributed by atoms with Crippen LogP contribution in [0.25, 0.3) is 0 Å². The van der Waals surface area contributed by atoms with Gasteiger partial charge in [0.1, 0.15) is 5.75 Å². The third-order valence-corrected chi connectivity index (χ3v) is 3.50. The van der Waals surface area contributed by atoms with Crippen LogP contribution in [0.4, 0.5) is 5.69 Å². The van der Waals surface area contributed by atoms with Gasteiger partial charge >= 0.3 is 5.97 Å². The maximum absolute atomic E-state index is 12.1. The maximum atomic E-state index is 12.1. The molecule has 126 valence electrons. The summed E-state index contributed by atoms with van der Waals surface area (Å²) in [5, 5.41) is 2.70. The molecular formula is C19H21NO4. The van der Waals surface area contributed by atoms with Gasteiger partial charge in [-0.15, -0.1) is 0 Å². The molecule has 5 heteroatoms.